The van der Waals surface area contributed by atoms with Gasteiger partial charge in [0.1, 0.15) is 11.3 Å². The number of fused-ring (bicyclic) bond motifs is 1. The van der Waals surface area contributed by atoms with Crippen molar-refractivity contribution in [1.29, 1.82) is 0 Å². The first-order valence-electron chi connectivity index (χ1n) is 10.0. The van der Waals surface area contributed by atoms with Crippen molar-refractivity contribution in [2.24, 2.45) is 0 Å². The van der Waals surface area contributed by atoms with Crippen LogP contribution in [0.15, 0.2) is 60.2 Å². The number of thiocarbonyl (C=S) groups is 1. The number of nitrogens with zero attached hydrogens (tertiary/aromatic N) is 1. The molecule has 1 fully saturated rings. The lowest BCUT2D eigenvalue weighted by molar-refractivity contribution is -0.122. The molecule has 4 rings (SSSR count). The second-order valence-electron chi connectivity index (χ2n) is 7.44. The Kier molecular flexibility index (Phi) is 5.57. The normalized spacial score (nSPS) is 15.5. The number of nitrogens with one attached hydrogen (secondary N) is 1. The van der Waals surface area contributed by atoms with Gasteiger partial charge in [0.2, 0.25) is 0 Å². The zero-order valence-corrected chi connectivity index (χ0v) is 18.4. The smallest absolute Gasteiger partial charge is 0.270 e. The second-order valence-corrected chi connectivity index (χ2v) is 7.82. The molecule has 2 amide bonds. The van der Waals surface area contributed by atoms with Gasteiger partial charge >= 0.3 is 0 Å². The van der Waals surface area contributed by atoms with Crippen LogP contribution in [-0.2, 0) is 9.59 Å². The Morgan fingerprint density at radius 3 is 2.35 bits per heavy atom. The molecule has 1 aliphatic heterocycles. The SMILES string of the molecule is CCOc1ccc(/C=C2\C(=O)NC(=S)N(c3cc(C)cc(C)c3)C2=O)c2ccccc12. The summed E-state index contributed by atoms with van der Waals surface area (Å²) in [4.78, 5) is 27.4. The summed E-state index contributed by atoms with van der Waals surface area (Å²) in [5, 5.41) is 4.55. The molecule has 3 aromatic carbocycles. The highest BCUT2D eigenvalue weighted by atomic mass is 32.1. The average molecular weight is 431 g/mol. The van der Waals surface area contributed by atoms with Crippen molar-refractivity contribution in [1.82, 2.24) is 5.32 Å². The first kappa shape index (κ1) is 20.8. The van der Waals surface area contributed by atoms with Gasteiger partial charge < -0.3 is 4.74 Å². The first-order valence-corrected chi connectivity index (χ1v) is 10.4. The molecule has 5 nitrogen and oxygen atoms in total. The Morgan fingerprint density at radius 2 is 1.68 bits per heavy atom. The van der Waals surface area contributed by atoms with Gasteiger partial charge in [0.05, 0.1) is 12.3 Å². The summed E-state index contributed by atoms with van der Waals surface area (Å²) >= 11 is 5.32. The van der Waals surface area contributed by atoms with Crippen LogP contribution in [0.25, 0.3) is 16.8 Å². The molecule has 0 unspecified atom stereocenters. The second kappa shape index (κ2) is 8.32. The first-order chi connectivity index (χ1) is 14.9. The minimum absolute atomic E-state index is 0.0297. The van der Waals surface area contributed by atoms with Gasteiger partial charge in [-0.3, -0.25) is 19.8 Å². The van der Waals surface area contributed by atoms with E-state index < -0.39 is 11.8 Å². The maximum atomic E-state index is 13.4. The number of carbonyl (C=O) groups is 2. The minimum Gasteiger partial charge on any atom is -0.493 e. The largest absolute Gasteiger partial charge is 0.493 e. The van der Waals surface area contributed by atoms with Gasteiger partial charge in [-0.2, -0.15) is 0 Å². The van der Waals surface area contributed by atoms with Crippen molar-refractivity contribution in [3.8, 4) is 5.75 Å². The van der Waals surface area contributed by atoms with Crippen molar-refractivity contribution in [3.63, 3.8) is 0 Å². The molecule has 1 heterocycles. The van der Waals surface area contributed by atoms with Gasteiger partial charge in [-0.15, -0.1) is 0 Å². The summed E-state index contributed by atoms with van der Waals surface area (Å²) in [5.41, 5.74) is 3.43. The third-order valence-electron chi connectivity index (χ3n) is 5.08. The van der Waals surface area contributed by atoms with Crippen LogP contribution < -0.4 is 15.0 Å². The Hall–Kier alpha value is -3.51. The molecular weight excluding hydrogens is 408 g/mol. The highest BCUT2D eigenvalue weighted by molar-refractivity contribution is 7.80. The predicted octanol–water partition coefficient (Wildman–Crippen LogP) is 4.69. The summed E-state index contributed by atoms with van der Waals surface area (Å²) in [6, 6.07) is 17.2. The number of rotatable bonds is 4. The van der Waals surface area contributed by atoms with E-state index in [4.69, 9.17) is 17.0 Å². The molecule has 0 bridgehead atoms. The molecule has 0 spiro atoms. The molecule has 0 saturated carbocycles. The molecule has 6 heteroatoms. The van der Waals surface area contributed by atoms with Gasteiger partial charge in [-0.25, -0.2) is 0 Å². The summed E-state index contributed by atoms with van der Waals surface area (Å²) in [6.45, 7) is 6.39. The number of ether oxygens (including phenoxy) is 1. The molecule has 31 heavy (non-hydrogen) atoms. The van der Waals surface area contributed by atoms with E-state index in [1.807, 2.05) is 75.4 Å². The van der Waals surface area contributed by atoms with E-state index >= 15 is 0 Å². The fourth-order valence-corrected chi connectivity index (χ4v) is 4.11. The van der Waals surface area contributed by atoms with Crippen LogP contribution in [0, 0.1) is 13.8 Å². The van der Waals surface area contributed by atoms with Crippen LogP contribution in [0.4, 0.5) is 5.69 Å². The standard InChI is InChI=1S/C25H22N2O3S/c1-4-30-22-10-9-17(19-7-5-6-8-20(19)22)14-21-23(28)26-25(31)27(24(21)29)18-12-15(2)11-16(3)13-18/h5-14H,4H2,1-3H3,(H,26,28,31)/b21-14+. The number of amides is 2. The number of benzene rings is 3. The number of hydrogen-bond acceptors (Lipinski definition) is 4. The highest BCUT2D eigenvalue weighted by Crippen LogP contribution is 2.31. The van der Waals surface area contributed by atoms with Gasteiger partial charge in [0.15, 0.2) is 5.11 Å². The van der Waals surface area contributed by atoms with Crippen LogP contribution in [0.1, 0.15) is 23.6 Å². The fourth-order valence-electron chi connectivity index (χ4n) is 3.83. The summed E-state index contributed by atoms with van der Waals surface area (Å²) < 4.78 is 5.73. The van der Waals surface area contributed by atoms with Gasteiger partial charge in [0, 0.05) is 5.39 Å². The summed E-state index contributed by atoms with van der Waals surface area (Å²) in [7, 11) is 0. The van der Waals surface area contributed by atoms with Crippen LogP contribution in [-0.4, -0.2) is 23.5 Å². The van der Waals surface area contributed by atoms with Crippen LogP contribution >= 0.6 is 12.2 Å². The Morgan fingerprint density at radius 1 is 1.00 bits per heavy atom. The van der Waals surface area contributed by atoms with E-state index in [9.17, 15) is 9.59 Å². The number of aryl methyl sites for hydroxylation is 2. The van der Waals surface area contributed by atoms with Gasteiger partial charge in [-0.05, 0) is 79.3 Å². The van der Waals surface area contributed by atoms with Crippen LogP contribution in [0.2, 0.25) is 0 Å². The molecule has 0 aromatic heterocycles. The highest BCUT2D eigenvalue weighted by Gasteiger charge is 2.34. The van der Waals surface area contributed by atoms with Crippen molar-refractivity contribution in [3.05, 3.63) is 76.9 Å². The minimum atomic E-state index is -0.506. The molecule has 1 aliphatic rings. The zero-order valence-electron chi connectivity index (χ0n) is 17.6. The Bertz CT molecular complexity index is 1240. The molecule has 1 saturated heterocycles. The van der Waals surface area contributed by atoms with Crippen molar-refractivity contribution < 1.29 is 14.3 Å². The zero-order chi connectivity index (χ0) is 22.1. The Labute approximate surface area is 186 Å². The quantitative estimate of drug-likeness (QED) is 0.371. The van der Waals surface area contributed by atoms with Crippen molar-refractivity contribution in [2.45, 2.75) is 20.8 Å². The lowest BCUT2D eigenvalue weighted by Crippen LogP contribution is -2.54. The monoisotopic (exact) mass is 430 g/mol. The van der Waals surface area contributed by atoms with Crippen molar-refractivity contribution in [2.75, 3.05) is 11.5 Å². The van der Waals surface area contributed by atoms with Gasteiger partial charge in [0.25, 0.3) is 11.8 Å². The molecule has 156 valence electrons. The maximum Gasteiger partial charge on any atom is 0.270 e. The average Bonchev–Trinajstić information content (AvgIpc) is 2.71. The molecule has 0 aliphatic carbocycles. The third kappa shape index (κ3) is 3.94. The lowest BCUT2D eigenvalue weighted by Gasteiger charge is -2.29. The Balaban J connectivity index is 1.82. The predicted molar refractivity (Wildman–Crippen MR) is 127 cm³/mol. The topological polar surface area (TPSA) is 58.6 Å². The van der Waals surface area contributed by atoms with E-state index in [1.54, 1.807) is 6.08 Å². The van der Waals surface area contributed by atoms with E-state index in [0.717, 1.165) is 33.2 Å². The van der Waals surface area contributed by atoms with E-state index in [-0.39, 0.29) is 10.7 Å². The van der Waals surface area contributed by atoms with Gasteiger partial charge in [-0.1, -0.05) is 36.4 Å². The number of anilines is 1. The molecule has 0 atom stereocenters. The summed E-state index contributed by atoms with van der Waals surface area (Å²) in [5.74, 6) is -0.192. The van der Waals surface area contributed by atoms with E-state index in [2.05, 4.69) is 5.32 Å². The maximum absolute atomic E-state index is 13.4. The summed E-state index contributed by atoms with van der Waals surface area (Å²) in [6.07, 6.45) is 1.62. The molecule has 0 radical (unpaired) electrons. The fraction of sp³-hybridized carbons (Fsp3) is 0.160. The van der Waals surface area contributed by atoms with Crippen molar-refractivity contribution >= 4 is 51.7 Å². The molecule has 3 aromatic rings. The van der Waals surface area contributed by atoms with Crippen LogP contribution in [0.5, 0.6) is 5.75 Å². The van der Waals surface area contributed by atoms with E-state index in [0.29, 0.717) is 12.3 Å². The molecule has 1 N–H and O–H groups in total. The van der Waals surface area contributed by atoms with Crippen LogP contribution in [0.3, 0.4) is 0 Å². The lowest BCUT2D eigenvalue weighted by atomic mass is 10.00. The number of hydrogen-bond donors (Lipinski definition) is 1. The molecular formula is C25H22N2O3S. The third-order valence-corrected chi connectivity index (χ3v) is 5.37. The van der Waals surface area contributed by atoms with E-state index in [1.165, 1.54) is 4.90 Å². The number of carbonyl (C=O) groups excluding carboxylic acids is 2.